The molecule has 1 aromatic rings. The number of nitrogens with one attached hydrogen (secondary N) is 1. The Morgan fingerprint density at radius 3 is 2.50 bits per heavy atom. The van der Waals surface area contributed by atoms with Crippen LogP contribution in [-0.4, -0.2) is 17.4 Å². The maximum absolute atomic E-state index is 10.7. The topological polar surface area (TPSA) is 49.3 Å². The van der Waals surface area contributed by atoms with E-state index in [1.165, 1.54) is 0 Å². The maximum Gasteiger partial charge on any atom is 0.143 e. The summed E-state index contributed by atoms with van der Waals surface area (Å²) in [5, 5.41) is 12.2. The second-order valence-corrected chi connectivity index (χ2v) is 3.40. The predicted molar refractivity (Wildman–Crippen MR) is 55.2 cm³/mol. The number of ketones is 1. The summed E-state index contributed by atoms with van der Waals surface area (Å²) in [6, 6.07) is 7.09. The molecule has 14 heavy (non-hydrogen) atoms. The minimum absolute atomic E-state index is 0.121. The van der Waals surface area contributed by atoms with Gasteiger partial charge in [0.1, 0.15) is 11.5 Å². The van der Waals surface area contributed by atoms with E-state index >= 15 is 0 Å². The van der Waals surface area contributed by atoms with Gasteiger partial charge < -0.3 is 10.4 Å². The minimum Gasteiger partial charge on any atom is -0.508 e. The Bertz CT molecular complexity index is 306. The maximum atomic E-state index is 10.7. The zero-order valence-corrected chi connectivity index (χ0v) is 8.45. The average Bonchev–Trinajstić information content (AvgIpc) is 2.15. The lowest BCUT2D eigenvalue weighted by atomic mass is 10.1. The SMILES string of the molecule is CC(=O)CNC(C)c1ccc(O)cc1. The molecule has 1 unspecified atom stereocenters. The quantitative estimate of drug-likeness (QED) is 0.764. The van der Waals surface area contributed by atoms with Crippen LogP contribution in [-0.2, 0) is 4.79 Å². The Kier molecular flexibility index (Phi) is 3.65. The predicted octanol–water partition coefficient (Wildman–Crippen LogP) is 1.63. The van der Waals surface area contributed by atoms with Crippen molar-refractivity contribution in [3.8, 4) is 5.75 Å². The van der Waals surface area contributed by atoms with E-state index in [0.717, 1.165) is 5.56 Å². The molecular weight excluding hydrogens is 178 g/mol. The Balaban J connectivity index is 2.56. The molecule has 0 saturated heterocycles. The zero-order valence-electron chi connectivity index (χ0n) is 8.45. The molecule has 3 nitrogen and oxygen atoms in total. The molecule has 0 radical (unpaired) electrons. The van der Waals surface area contributed by atoms with Crippen molar-refractivity contribution in [2.24, 2.45) is 0 Å². The van der Waals surface area contributed by atoms with Gasteiger partial charge in [0, 0.05) is 6.04 Å². The minimum atomic E-state index is 0.121. The number of carbonyl (C=O) groups excluding carboxylic acids is 1. The van der Waals surface area contributed by atoms with Crippen molar-refractivity contribution in [2.45, 2.75) is 19.9 Å². The highest BCUT2D eigenvalue weighted by molar-refractivity contribution is 5.77. The molecule has 0 aliphatic heterocycles. The van der Waals surface area contributed by atoms with Crippen LogP contribution in [0.5, 0.6) is 5.75 Å². The summed E-state index contributed by atoms with van der Waals surface area (Å²) in [5.41, 5.74) is 1.06. The largest absolute Gasteiger partial charge is 0.508 e. The van der Waals surface area contributed by atoms with Crippen molar-refractivity contribution in [2.75, 3.05) is 6.54 Å². The highest BCUT2D eigenvalue weighted by atomic mass is 16.3. The fraction of sp³-hybridized carbons (Fsp3) is 0.364. The van der Waals surface area contributed by atoms with Crippen LogP contribution in [0.25, 0.3) is 0 Å². The molecule has 0 fully saturated rings. The fourth-order valence-electron chi connectivity index (χ4n) is 1.18. The summed E-state index contributed by atoms with van der Waals surface area (Å²) in [6.07, 6.45) is 0. The molecule has 0 spiro atoms. The molecule has 0 heterocycles. The molecule has 1 rings (SSSR count). The monoisotopic (exact) mass is 193 g/mol. The molecule has 3 heteroatoms. The number of carbonyl (C=O) groups is 1. The van der Waals surface area contributed by atoms with Crippen LogP contribution in [0.4, 0.5) is 0 Å². The molecule has 2 N–H and O–H groups in total. The average molecular weight is 193 g/mol. The van der Waals surface area contributed by atoms with E-state index in [4.69, 9.17) is 5.11 Å². The van der Waals surface area contributed by atoms with Gasteiger partial charge >= 0.3 is 0 Å². The summed E-state index contributed by atoms with van der Waals surface area (Å²) in [7, 11) is 0. The van der Waals surface area contributed by atoms with Crippen LogP contribution >= 0.6 is 0 Å². The molecule has 0 amide bonds. The van der Waals surface area contributed by atoms with Gasteiger partial charge in [0.05, 0.1) is 6.54 Å². The van der Waals surface area contributed by atoms with Crippen LogP contribution in [0.1, 0.15) is 25.5 Å². The molecule has 0 saturated carbocycles. The summed E-state index contributed by atoms with van der Waals surface area (Å²) < 4.78 is 0. The number of phenols is 1. The third kappa shape index (κ3) is 3.18. The van der Waals surface area contributed by atoms with Crippen molar-refractivity contribution in [1.29, 1.82) is 0 Å². The zero-order chi connectivity index (χ0) is 10.6. The summed E-state index contributed by atoms with van der Waals surface area (Å²) in [4.78, 5) is 10.7. The third-order valence-electron chi connectivity index (χ3n) is 2.05. The lowest BCUT2D eigenvalue weighted by Crippen LogP contribution is -2.24. The molecule has 0 aromatic heterocycles. The molecule has 0 aliphatic rings. The standard InChI is InChI=1S/C11H15NO2/c1-8(13)7-12-9(2)10-3-5-11(14)6-4-10/h3-6,9,12,14H,7H2,1-2H3. The number of aromatic hydroxyl groups is 1. The van der Waals surface area contributed by atoms with Gasteiger partial charge in [0.15, 0.2) is 0 Å². The van der Waals surface area contributed by atoms with Gasteiger partial charge in [-0.05, 0) is 31.5 Å². The van der Waals surface area contributed by atoms with Crippen molar-refractivity contribution < 1.29 is 9.90 Å². The van der Waals surface area contributed by atoms with Crippen LogP contribution in [0.15, 0.2) is 24.3 Å². The highest BCUT2D eigenvalue weighted by Crippen LogP contribution is 2.15. The number of rotatable bonds is 4. The third-order valence-corrected chi connectivity index (χ3v) is 2.05. The Morgan fingerprint density at radius 2 is 2.00 bits per heavy atom. The Labute approximate surface area is 83.8 Å². The summed E-state index contributed by atoms with van der Waals surface area (Å²) in [6.45, 7) is 3.91. The van der Waals surface area contributed by atoms with Crippen molar-refractivity contribution in [3.63, 3.8) is 0 Å². The number of phenolic OH excluding ortho intramolecular Hbond substituents is 1. The lowest BCUT2D eigenvalue weighted by molar-refractivity contribution is -0.116. The molecule has 1 atom stereocenters. The van der Waals surface area contributed by atoms with Gasteiger partial charge in [-0.2, -0.15) is 0 Å². The normalized spacial score (nSPS) is 12.4. The Hall–Kier alpha value is -1.35. The molecule has 0 aliphatic carbocycles. The van der Waals surface area contributed by atoms with E-state index in [1.54, 1.807) is 19.1 Å². The van der Waals surface area contributed by atoms with Crippen molar-refractivity contribution in [1.82, 2.24) is 5.32 Å². The van der Waals surface area contributed by atoms with E-state index in [9.17, 15) is 4.79 Å². The van der Waals surface area contributed by atoms with E-state index in [2.05, 4.69) is 5.32 Å². The Morgan fingerprint density at radius 1 is 1.43 bits per heavy atom. The number of hydrogen-bond donors (Lipinski definition) is 2. The molecule has 0 bridgehead atoms. The first kappa shape index (κ1) is 10.7. The number of benzene rings is 1. The summed E-state index contributed by atoms with van der Waals surface area (Å²) >= 11 is 0. The van der Waals surface area contributed by atoms with Crippen LogP contribution in [0, 0.1) is 0 Å². The molecule has 76 valence electrons. The fourth-order valence-corrected chi connectivity index (χ4v) is 1.18. The van der Waals surface area contributed by atoms with E-state index in [0.29, 0.717) is 6.54 Å². The van der Waals surface area contributed by atoms with Crippen LogP contribution in [0.3, 0.4) is 0 Å². The van der Waals surface area contributed by atoms with E-state index in [1.807, 2.05) is 19.1 Å². The smallest absolute Gasteiger partial charge is 0.143 e. The second-order valence-electron chi connectivity index (χ2n) is 3.40. The van der Waals surface area contributed by atoms with E-state index in [-0.39, 0.29) is 17.6 Å². The van der Waals surface area contributed by atoms with Gasteiger partial charge in [-0.25, -0.2) is 0 Å². The van der Waals surface area contributed by atoms with Gasteiger partial charge in [-0.3, -0.25) is 4.79 Å². The molecular formula is C11H15NO2. The van der Waals surface area contributed by atoms with Gasteiger partial charge in [0.2, 0.25) is 0 Å². The number of Topliss-reactive ketones (excluding diaryl/α,β-unsaturated/α-hetero) is 1. The first-order chi connectivity index (χ1) is 6.59. The van der Waals surface area contributed by atoms with Gasteiger partial charge in [-0.1, -0.05) is 12.1 Å². The molecule has 1 aromatic carbocycles. The first-order valence-electron chi connectivity index (χ1n) is 4.61. The van der Waals surface area contributed by atoms with Crippen LogP contribution < -0.4 is 5.32 Å². The van der Waals surface area contributed by atoms with Gasteiger partial charge in [0.25, 0.3) is 0 Å². The van der Waals surface area contributed by atoms with Crippen molar-refractivity contribution >= 4 is 5.78 Å². The number of hydrogen-bond acceptors (Lipinski definition) is 3. The van der Waals surface area contributed by atoms with E-state index < -0.39 is 0 Å². The lowest BCUT2D eigenvalue weighted by Gasteiger charge is -2.12. The van der Waals surface area contributed by atoms with Gasteiger partial charge in [-0.15, -0.1) is 0 Å². The van der Waals surface area contributed by atoms with Crippen molar-refractivity contribution in [3.05, 3.63) is 29.8 Å². The highest BCUT2D eigenvalue weighted by Gasteiger charge is 2.04. The second kappa shape index (κ2) is 4.77. The summed E-state index contributed by atoms with van der Waals surface area (Å²) in [5.74, 6) is 0.378. The first-order valence-corrected chi connectivity index (χ1v) is 4.61. The van der Waals surface area contributed by atoms with Crippen LogP contribution in [0.2, 0.25) is 0 Å².